The van der Waals surface area contributed by atoms with Gasteiger partial charge in [-0.1, -0.05) is 26.8 Å². The normalized spacial score (nSPS) is 13.4. The Balaban J connectivity index is 1.89. The van der Waals surface area contributed by atoms with Gasteiger partial charge in [-0.25, -0.2) is 9.97 Å². The number of fused-ring (bicyclic) bond motifs is 2. The number of benzene rings is 1. The number of aromatic nitrogens is 3. The molecule has 3 N–H and O–H groups in total. The largest absolute Gasteiger partial charge is 0.398 e. The van der Waals surface area contributed by atoms with E-state index >= 15 is 0 Å². The summed E-state index contributed by atoms with van der Waals surface area (Å²) >= 11 is 0. The molecule has 0 unspecified atom stereocenters. The van der Waals surface area contributed by atoms with Crippen LogP contribution in [0.25, 0.3) is 28.5 Å². The van der Waals surface area contributed by atoms with Crippen LogP contribution in [0.2, 0.25) is 0 Å². The molecular formula is C19H19N5O. The summed E-state index contributed by atoms with van der Waals surface area (Å²) < 4.78 is 0. The van der Waals surface area contributed by atoms with Gasteiger partial charge in [0.15, 0.2) is 11.4 Å². The highest BCUT2D eigenvalue weighted by molar-refractivity contribution is 6.08. The lowest BCUT2D eigenvalue weighted by molar-refractivity contribution is 0.0860. The lowest BCUT2D eigenvalue weighted by Crippen LogP contribution is -2.25. The molecule has 4 rings (SSSR count). The van der Waals surface area contributed by atoms with E-state index in [-0.39, 0.29) is 5.78 Å². The predicted molar refractivity (Wildman–Crippen MR) is 97.6 cm³/mol. The molecule has 0 bridgehead atoms. The zero-order valence-corrected chi connectivity index (χ0v) is 14.4. The van der Waals surface area contributed by atoms with E-state index < -0.39 is 5.41 Å². The Bertz CT molecular complexity index is 1140. The van der Waals surface area contributed by atoms with E-state index in [1.165, 1.54) is 0 Å². The van der Waals surface area contributed by atoms with Gasteiger partial charge >= 0.3 is 0 Å². The molecule has 0 amide bonds. The van der Waals surface area contributed by atoms with Crippen LogP contribution in [0, 0.1) is 5.41 Å². The Labute approximate surface area is 144 Å². The van der Waals surface area contributed by atoms with Crippen molar-refractivity contribution in [1.82, 2.24) is 15.0 Å². The topological polar surface area (TPSA) is 97.0 Å². The molecule has 0 spiro atoms. The van der Waals surface area contributed by atoms with Crippen LogP contribution in [-0.4, -0.2) is 27.3 Å². The van der Waals surface area contributed by atoms with Crippen molar-refractivity contribution in [1.29, 1.82) is 0 Å². The maximum atomic E-state index is 12.7. The lowest BCUT2D eigenvalue weighted by Gasteiger charge is -2.15. The standard InChI is InChI=1S/C19H19N5O/c1-19(2,3)17(25)12-8-22-18-16(12)24-15(9-23-18)10-6-13(20)11-4-5-21-14(11)7-10/h4,6-9H,5,20H2,1-3H3,(H,22,23). The third-order valence-corrected chi connectivity index (χ3v) is 4.35. The number of Topliss-reactive ketones (excluding diaryl/α,β-unsaturated/α-hetero) is 1. The molecule has 1 aromatic carbocycles. The highest BCUT2D eigenvalue weighted by Gasteiger charge is 2.26. The molecule has 0 saturated carbocycles. The number of anilines is 1. The Morgan fingerprint density at radius 2 is 2.08 bits per heavy atom. The molecule has 2 aromatic heterocycles. The molecule has 0 aliphatic carbocycles. The summed E-state index contributed by atoms with van der Waals surface area (Å²) in [5.74, 6) is 0.0308. The molecule has 1 aliphatic heterocycles. The monoisotopic (exact) mass is 333 g/mol. The van der Waals surface area contributed by atoms with Crippen LogP contribution in [0.5, 0.6) is 0 Å². The number of H-pyrrole nitrogens is 1. The Hall–Kier alpha value is -3.02. The van der Waals surface area contributed by atoms with E-state index in [0.717, 1.165) is 16.1 Å². The van der Waals surface area contributed by atoms with Crippen molar-refractivity contribution in [3.05, 3.63) is 40.7 Å². The van der Waals surface area contributed by atoms with Crippen molar-refractivity contribution in [2.45, 2.75) is 20.8 Å². The molecule has 0 radical (unpaired) electrons. The summed E-state index contributed by atoms with van der Waals surface area (Å²) in [5, 5.41) is 1.85. The van der Waals surface area contributed by atoms with Crippen LogP contribution in [-0.2, 0) is 0 Å². The summed E-state index contributed by atoms with van der Waals surface area (Å²) in [7, 11) is 0. The number of hydrogen-bond donors (Lipinski definition) is 2. The Morgan fingerprint density at radius 3 is 2.84 bits per heavy atom. The van der Waals surface area contributed by atoms with E-state index in [4.69, 9.17) is 5.73 Å². The number of aromatic amines is 1. The number of nitrogens with two attached hydrogens (primary N) is 1. The van der Waals surface area contributed by atoms with Crippen molar-refractivity contribution >= 4 is 28.7 Å². The summed E-state index contributed by atoms with van der Waals surface area (Å²) in [5.41, 5.74) is 9.59. The number of nitrogens with one attached hydrogen (secondary N) is 1. The van der Waals surface area contributed by atoms with Crippen LogP contribution in [0.3, 0.4) is 0 Å². The molecule has 25 heavy (non-hydrogen) atoms. The summed E-state index contributed by atoms with van der Waals surface area (Å²) in [6.45, 7) is 6.33. The first-order valence-electron chi connectivity index (χ1n) is 8.18. The van der Waals surface area contributed by atoms with Gasteiger partial charge in [0.1, 0.15) is 5.52 Å². The molecule has 0 atom stereocenters. The second-order valence-electron chi connectivity index (χ2n) is 7.28. The second kappa shape index (κ2) is 5.24. The predicted octanol–water partition coefficient (Wildman–Crippen LogP) is 1.85. The lowest BCUT2D eigenvalue weighted by atomic mass is 9.87. The van der Waals surface area contributed by atoms with Crippen molar-refractivity contribution < 1.29 is 4.79 Å². The van der Waals surface area contributed by atoms with Gasteiger partial charge in [0, 0.05) is 28.1 Å². The van der Waals surface area contributed by atoms with Gasteiger partial charge in [-0.05, 0) is 12.1 Å². The first-order chi connectivity index (χ1) is 11.8. The van der Waals surface area contributed by atoms with Gasteiger partial charge < -0.3 is 10.7 Å². The molecule has 3 heterocycles. The number of nitrogens with zero attached hydrogens (tertiary/aromatic N) is 3. The van der Waals surface area contributed by atoms with Gasteiger partial charge in [0.2, 0.25) is 0 Å². The van der Waals surface area contributed by atoms with E-state index in [9.17, 15) is 4.79 Å². The van der Waals surface area contributed by atoms with Crippen molar-refractivity contribution in [3.8, 4) is 11.3 Å². The Kier molecular flexibility index (Phi) is 3.25. The number of hydrogen-bond acceptors (Lipinski definition) is 5. The molecular weight excluding hydrogens is 314 g/mol. The van der Waals surface area contributed by atoms with Gasteiger partial charge in [-0.2, -0.15) is 0 Å². The van der Waals surface area contributed by atoms with Crippen LogP contribution < -0.4 is 16.3 Å². The van der Waals surface area contributed by atoms with Crippen molar-refractivity contribution in [2.75, 3.05) is 12.3 Å². The van der Waals surface area contributed by atoms with E-state index in [0.29, 0.717) is 34.7 Å². The molecule has 126 valence electrons. The quantitative estimate of drug-likeness (QED) is 0.552. The maximum Gasteiger partial charge on any atom is 0.171 e. The highest BCUT2D eigenvalue weighted by Crippen LogP contribution is 2.26. The first-order valence-corrected chi connectivity index (χ1v) is 8.18. The van der Waals surface area contributed by atoms with Gasteiger partial charge in [-0.3, -0.25) is 9.79 Å². The minimum atomic E-state index is -0.487. The minimum Gasteiger partial charge on any atom is -0.398 e. The van der Waals surface area contributed by atoms with Crippen LogP contribution in [0.4, 0.5) is 5.69 Å². The first kappa shape index (κ1) is 15.5. The summed E-state index contributed by atoms with van der Waals surface area (Å²) in [6.07, 6.45) is 5.38. The van der Waals surface area contributed by atoms with Crippen LogP contribution >= 0.6 is 0 Å². The highest BCUT2D eigenvalue weighted by atomic mass is 16.1. The molecule has 6 nitrogen and oxygen atoms in total. The zero-order valence-electron chi connectivity index (χ0n) is 14.4. The fourth-order valence-corrected chi connectivity index (χ4v) is 3.00. The molecule has 3 aromatic rings. The summed E-state index contributed by atoms with van der Waals surface area (Å²) in [4.78, 5) is 29.2. The van der Waals surface area contributed by atoms with E-state index in [1.807, 2.05) is 39.0 Å². The fourth-order valence-electron chi connectivity index (χ4n) is 3.00. The van der Waals surface area contributed by atoms with Gasteiger partial charge in [-0.15, -0.1) is 0 Å². The molecule has 1 aliphatic rings. The smallest absolute Gasteiger partial charge is 0.171 e. The average molecular weight is 333 g/mol. The van der Waals surface area contributed by atoms with Crippen LogP contribution in [0.15, 0.2) is 29.5 Å². The number of carbonyl (C=O) groups is 1. The number of nitrogen functional groups attached to an aromatic ring is 1. The third-order valence-electron chi connectivity index (χ3n) is 4.35. The fraction of sp³-hybridized carbons (Fsp3) is 0.263. The third kappa shape index (κ3) is 2.50. The number of carbonyl (C=O) groups excluding carboxylic acids is 1. The second-order valence-corrected chi connectivity index (χ2v) is 7.28. The average Bonchev–Trinajstić information content (AvgIpc) is 3.19. The molecule has 6 heteroatoms. The zero-order chi connectivity index (χ0) is 17.8. The van der Waals surface area contributed by atoms with E-state index in [2.05, 4.69) is 19.9 Å². The number of rotatable bonds is 2. The number of ketones is 1. The van der Waals surface area contributed by atoms with Crippen molar-refractivity contribution in [3.63, 3.8) is 0 Å². The Morgan fingerprint density at radius 1 is 1.28 bits per heavy atom. The minimum absolute atomic E-state index is 0.0308. The van der Waals surface area contributed by atoms with E-state index in [1.54, 1.807) is 12.4 Å². The van der Waals surface area contributed by atoms with Gasteiger partial charge in [0.05, 0.1) is 29.4 Å². The maximum absolute atomic E-state index is 12.7. The van der Waals surface area contributed by atoms with Crippen molar-refractivity contribution in [2.24, 2.45) is 10.4 Å². The van der Waals surface area contributed by atoms with Gasteiger partial charge in [0.25, 0.3) is 0 Å². The molecule has 0 fully saturated rings. The van der Waals surface area contributed by atoms with Crippen LogP contribution in [0.1, 0.15) is 31.1 Å². The molecule has 0 saturated heterocycles. The SMILES string of the molecule is CC(C)(C)C(=O)c1c[nH]c2ncc(-c3cc(N)c4c(c3)=NCC=4)nc12. The summed E-state index contributed by atoms with van der Waals surface area (Å²) in [6, 6.07) is 3.84.